The maximum absolute atomic E-state index is 11.6. The summed E-state index contributed by atoms with van der Waals surface area (Å²) in [5.41, 5.74) is 6.87. The summed E-state index contributed by atoms with van der Waals surface area (Å²) in [6.45, 7) is 3.55. The Morgan fingerprint density at radius 3 is 2.50 bits per heavy atom. The second-order valence-corrected chi connectivity index (χ2v) is 4.78. The average Bonchev–Trinajstić information content (AvgIpc) is 2.46. The third-order valence-corrected chi connectivity index (χ3v) is 3.23. The van der Waals surface area contributed by atoms with Crippen LogP contribution in [0.5, 0.6) is 5.75 Å². The number of carbonyl (C=O) groups excluding carboxylic acids is 1. The van der Waals surface area contributed by atoms with Gasteiger partial charge >= 0.3 is 5.97 Å². The van der Waals surface area contributed by atoms with Gasteiger partial charge in [-0.05, 0) is 19.2 Å². The van der Waals surface area contributed by atoms with E-state index in [9.17, 15) is 4.79 Å². The first-order valence-electron chi connectivity index (χ1n) is 6.56. The van der Waals surface area contributed by atoms with Crippen molar-refractivity contribution < 1.29 is 14.3 Å². The number of esters is 1. The van der Waals surface area contributed by atoms with Gasteiger partial charge in [-0.2, -0.15) is 0 Å². The summed E-state index contributed by atoms with van der Waals surface area (Å²) in [6.07, 6.45) is -0.677. The van der Waals surface area contributed by atoms with Gasteiger partial charge in [0.1, 0.15) is 5.75 Å². The third-order valence-electron chi connectivity index (χ3n) is 3.23. The smallest absolute Gasteiger partial charge is 0.346 e. The van der Waals surface area contributed by atoms with Gasteiger partial charge in [-0.25, -0.2) is 4.79 Å². The van der Waals surface area contributed by atoms with Crippen molar-refractivity contribution in [1.82, 2.24) is 0 Å². The molecule has 2 unspecified atom stereocenters. The molecule has 0 bridgehead atoms. The molecule has 0 aromatic heterocycles. The molecule has 2 N–H and O–H groups in total. The summed E-state index contributed by atoms with van der Waals surface area (Å²) >= 11 is 0. The topological polar surface area (TPSA) is 61.5 Å². The van der Waals surface area contributed by atoms with Crippen molar-refractivity contribution in [2.24, 2.45) is 5.73 Å². The van der Waals surface area contributed by atoms with Crippen molar-refractivity contribution in [3.8, 4) is 5.75 Å². The van der Waals surface area contributed by atoms with E-state index in [0.717, 1.165) is 16.3 Å². The highest BCUT2D eigenvalue weighted by Crippen LogP contribution is 2.33. The van der Waals surface area contributed by atoms with Crippen LogP contribution < -0.4 is 10.5 Å². The first-order chi connectivity index (χ1) is 9.54. The minimum Gasteiger partial charge on any atom is -0.478 e. The van der Waals surface area contributed by atoms with Crippen LogP contribution in [0.25, 0.3) is 10.8 Å². The molecule has 0 aliphatic heterocycles. The number of ether oxygens (including phenoxy) is 2. The molecule has 0 heterocycles. The van der Waals surface area contributed by atoms with Crippen LogP contribution in [0.4, 0.5) is 0 Å². The number of hydrogen-bond acceptors (Lipinski definition) is 4. The molecule has 0 aliphatic carbocycles. The average molecular weight is 273 g/mol. The maximum Gasteiger partial charge on any atom is 0.346 e. The van der Waals surface area contributed by atoms with E-state index in [1.54, 1.807) is 6.92 Å². The Morgan fingerprint density at radius 2 is 1.85 bits per heavy atom. The Bertz CT molecular complexity index is 622. The van der Waals surface area contributed by atoms with E-state index in [4.69, 9.17) is 15.2 Å². The zero-order valence-corrected chi connectivity index (χ0v) is 11.9. The first kappa shape index (κ1) is 14.3. The molecule has 0 amide bonds. The predicted octanol–water partition coefficient (Wildman–Crippen LogP) is 2.80. The number of fused-ring (bicyclic) bond motifs is 1. The summed E-state index contributed by atoms with van der Waals surface area (Å²) in [5, 5.41) is 1.99. The number of methoxy groups -OCH3 is 1. The molecule has 0 radical (unpaired) electrons. The maximum atomic E-state index is 11.6. The van der Waals surface area contributed by atoms with Crippen molar-refractivity contribution in [3.05, 3.63) is 42.0 Å². The number of carbonyl (C=O) groups is 1. The van der Waals surface area contributed by atoms with E-state index in [1.165, 1.54) is 7.11 Å². The fraction of sp³-hybridized carbons (Fsp3) is 0.312. The lowest BCUT2D eigenvalue weighted by atomic mass is 10.0. The molecule has 0 fully saturated rings. The lowest BCUT2D eigenvalue weighted by Crippen LogP contribution is -2.26. The van der Waals surface area contributed by atoms with E-state index < -0.39 is 12.1 Å². The Labute approximate surface area is 118 Å². The molecule has 0 aliphatic rings. The van der Waals surface area contributed by atoms with E-state index in [1.807, 2.05) is 43.3 Å². The minimum absolute atomic E-state index is 0.181. The molecule has 2 aromatic carbocycles. The van der Waals surface area contributed by atoms with E-state index >= 15 is 0 Å². The SMILES string of the molecule is COC(=O)C(C)Oc1c(C(C)N)ccc2ccccc12. The second kappa shape index (κ2) is 5.92. The summed E-state index contributed by atoms with van der Waals surface area (Å²) in [7, 11) is 1.35. The Morgan fingerprint density at radius 1 is 1.15 bits per heavy atom. The summed E-state index contributed by atoms with van der Waals surface area (Å²) in [6, 6.07) is 11.6. The van der Waals surface area contributed by atoms with Gasteiger partial charge in [-0.3, -0.25) is 0 Å². The lowest BCUT2D eigenvalue weighted by Gasteiger charge is -2.19. The minimum atomic E-state index is -0.677. The molecule has 0 saturated heterocycles. The van der Waals surface area contributed by atoms with E-state index in [0.29, 0.717) is 5.75 Å². The van der Waals surface area contributed by atoms with Crippen LogP contribution in [-0.2, 0) is 9.53 Å². The molecular weight excluding hydrogens is 254 g/mol. The third kappa shape index (κ3) is 2.75. The Balaban J connectivity index is 2.52. The molecule has 106 valence electrons. The Hall–Kier alpha value is -2.07. The molecule has 2 rings (SSSR count). The summed E-state index contributed by atoms with van der Waals surface area (Å²) in [5.74, 6) is 0.240. The summed E-state index contributed by atoms with van der Waals surface area (Å²) < 4.78 is 10.5. The van der Waals surface area contributed by atoms with Crippen LogP contribution in [-0.4, -0.2) is 19.2 Å². The molecule has 20 heavy (non-hydrogen) atoms. The Kier molecular flexibility index (Phi) is 4.25. The second-order valence-electron chi connectivity index (χ2n) is 4.78. The zero-order valence-electron chi connectivity index (χ0n) is 11.9. The van der Waals surface area contributed by atoms with Gasteiger partial charge in [0.05, 0.1) is 7.11 Å². The van der Waals surface area contributed by atoms with Crippen molar-refractivity contribution in [2.75, 3.05) is 7.11 Å². The van der Waals surface area contributed by atoms with Crippen molar-refractivity contribution in [2.45, 2.75) is 26.0 Å². The van der Waals surface area contributed by atoms with Crippen LogP contribution in [0.3, 0.4) is 0 Å². The van der Waals surface area contributed by atoms with Gasteiger partial charge in [0.25, 0.3) is 0 Å². The van der Waals surface area contributed by atoms with Gasteiger partial charge in [0.2, 0.25) is 0 Å². The predicted molar refractivity (Wildman–Crippen MR) is 78.7 cm³/mol. The molecule has 0 saturated carbocycles. The largest absolute Gasteiger partial charge is 0.478 e. The van der Waals surface area contributed by atoms with Crippen molar-refractivity contribution in [1.29, 1.82) is 0 Å². The monoisotopic (exact) mass is 273 g/mol. The normalized spacial score (nSPS) is 13.8. The summed E-state index contributed by atoms with van der Waals surface area (Å²) in [4.78, 5) is 11.6. The van der Waals surface area contributed by atoms with Crippen molar-refractivity contribution in [3.63, 3.8) is 0 Å². The molecule has 4 nitrogen and oxygen atoms in total. The highest BCUT2D eigenvalue weighted by Gasteiger charge is 2.19. The van der Waals surface area contributed by atoms with Crippen LogP contribution in [0.1, 0.15) is 25.5 Å². The number of rotatable bonds is 4. The van der Waals surface area contributed by atoms with Gasteiger partial charge < -0.3 is 15.2 Å². The fourth-order valence-corrected chi connectivity index (χ4v) is 2.14. The van der Waals surface area contributed by atoms with Gasteiger partial charge in [0.15, 0.2) is 6.10 Å². The van der Waals surface area contributed by atoms with Gasteiger partial charge in [0, 0.05) is 17.0 Å². The highest BCUT2D eigenvalue weighted by atomic mass is 16.6. The number of hydrogen-bond donors (Lipinski definition) is 1. The lowest BCUT2D eigenvalue weighted by molar-refractivity contribution is -0.147. The van der Waals surface area contributed by atoms with E-state index in [2.05, 4.69) is 0 Å². The number of nitrogens with two attached hydrogens (primary N) is 1. The fourth-order valence-electron chi connectivity index (χ4n) is 2.14. The molecule has 4 heteroatoms. The first-order valence-corrected chi connectivity index (χ1v) is 6.56. The van der Waals surface area contributed by atoms with Crippen LogP contribution in [0, 0.1) is 0 Å². The van der Waals surface area contributed by atoms with Gasteiger partial charge in [-0.15, -0.1) is 0 Å². The molecule has 2 aromatic rings. The molecule has 2 atom stereocenters. The van der Waals surface area contributed by atoms with E-state index in [-0.39, 0.29) is 6.04 Å². The highest BCUT2D eigenvalue weighted by molar-refractivity contribution is 5.90. The zero-order chi connectivity index (χ0) is 14.7. The molecular formula is C16H19NO3. The quantitative estimate of drug-likeness (QED) is 0.870. The van der Waals surface area contributed by atoms with Gasteiger partial charge in [-0.1, -0.05) is 36.4 Å². The molecule has 0 spiro atoms. The van der Waals surface area contributed by atoms with Crippen LogP contribution in [0.15, 0.2) is 36.4 Å². The number of benzene rings is 2. The van der Waals surface area contributed by atoms with Crippen LogP contribution in [0.2, 0.25) is 0 Å². The standard InChI is InChI=1S/C16H19NO3/c1-10(17)13-9-8-12-6-4-5-7-14(12)15(13)20-11(2)16(18)19-3/h4-11H,17H2,1-3H3. The van der Waals surface area contributed by atoms with Crippen molar-refractivity contribution >= 4 is 16.7 Å². The van der Waals surface area contributed by atoms with Crippen LogP contribution >= 0.6 is 0 Å².